The molecule has 1 heterocycles. The Labute approximate surface area is 156 Å². The molecule has 7 heteroatoms. The predicted molar refractivity (Wildman–Crippen MR) is 100 cm³/mol. The Morgan fingerprint density at radius 3 is 2.62 bits per heavy atom. The third-order valence-electron chi connectivity index (χ3n) is 4.98. The zero-order valence-electron chi connectivity index (χ0n) is 13.6. The molecule has 2 unspecified atom stereocenters. The largest absolute Gasteiger partial charge is 0.349 e. The Morgan fingerprint density at radius 1 is 1.38 bits per heavy atom. The molecule has 3 rings (SSSR count). The summed E-state index contributed by atoms with van der Waals surface area (Å²) in [4.78, 5) is 27.0. The van der Waals surface area contributed by atoms with E-state index in [2.05, 4.69) is 21.2 Å². The molecular weight excluding hydrogens is 394 g/mol. The number of carbonyl (C=O) groups excluding carboxylic acids is 2. The Kier molecular flexibility index (Phi) is 5.94. The van der Waals surface area contributed by atoms with Gasteiger partial charge in [0.05, 0.1) is 11.2 Å². The van der Waals surface area contributed by atoms with Gasteiger partial charge in [0.15, 0.2) is 0 Å². The molecule has 0 bridgehead atoms. The molecule has 1 saturated heterocycles. The van der Waals surface area contributed by atoms with Crippen molar-refractivity contribution in [2.24, 2.45) is 17.6 Å². The number of hydrogen-bond donors (Lipinski definition) is 2. The van der Waals surface area contributed by atoms with Gasteiger partial charge in [-0.05, 0) is 60.2 Å². The second-order valence-electron chi connectivity index (χ2n) is 6.67. The molecular formula is C17H23BrClN3O2. The van der Waals surface area contributed by atoms with Crippen LogP contribution in [-0.2, 0) is 9.59 Å². The van der Waals surface area contributed by atoms with Gasteiger partial charge in [0.25, 0.3) is 0 Å². The van der Waals surface area contributed by atoms with Crippen molar-refractivity contribution < 1.29 is 9.59 Å². The fraction of sp³-hybridized carbons (Fsp3) is 0.529. The molecule has 1 aliphatic heterocycles. The summed E-state index contributed by atoms with van der Waals surface area (Å²) in [6.45, 7) is 2.94. The Balaban J connectivity index is 0.00000208. The number of para-hydroxylation sites is 1. The summed E-state index contributed by atoms with van der Waals surface area (Å²) in [6, 6.07) is 7.57. The zero-order chi connectivity index (χ0) is 16.6. The molecule has 0 spiro atoms. The van der Waals surface area contributed by atoms with Crippen LogP contribution in [0.3, 0.4) is 0 Å². The maximum Gasteiger partial charge on any atom is 0.239 e. The van der Waals surface area contributed by atoms with Crippen LogP contribution in [0.2, 0.25) is 0 Å². The molecule has 1 aromatic rings. The molecule has 2 amide bonds. The van der Waals surface area contributed by atoms with Gasteiger partial charge in [-0.3, -0.25) is 9.59 Å². The Hall–Kier alpha value is -1.11. The van der Waals surface area contributed by atoms with Gasteiger partial charge in [0.1, 0.15) is 5.92 Å². The first kappa shape index (κ1) is 19.2. The highest BCUT2D eigenvalue weighted by atomic mass is 79.9. The number of benzene rings is 1. The van der Waals surface area contributed by atoms with Gasteiger partial charge in [0, 0.05) is 17.6 Å². The standard InChI is InChI=1S/C17H22BrN3O2.ClH/c1-17(10-19,11-6-7-11)20-15(22)12-8-9-21(16(12)23)14-5-3-2-4-13(14)18;/h2-5,11-12H,6-10,19H2,1H3,(H,20,22);1H. The number of anilines is 1. The van der Waals surface area contributed by atoms with Gasteiger partial charge in [-0.15, -0.1) is 12.4 Å². The molecule has 2 aliphatic rings. The second kappa shape index (κ2) is 7.42. The van der Waals surface area contributed by atoms with Crippen molar-refractivity contribution in [3.8, 4) is 0 Å². The van der Waals surface area contributed by atoms with Crippen molar-refractivity contribution in [1.82, 2.24) is 5.32 Å². The van der Waals surface area contributed by atoms with E-state index < -0.39 is 11.5 Å². The van der Waals surface area contributed by atoms with Crippen LogP contribution < -0.4 is 16.0 Å². The lowest BCUT2D eigenvalue weighted by Gasteiger charge is -2.30. The molecule has 132 valence electrons. The molecule has 1 aliphatic carbocycles. The molecule has 0 aromatic heterocycles. The van der Waals surface area contributed by atoms with Gasteiger partial charge in [-0.2, -0.15) is 0 Å². The van der Waals surface area contributed by atoms with Crippen LogP contribution in [0.5, 0.6) is 0 Å². The van der Waals surface area contributed by atoms with Crippen molar-refractivity contribution >= 4 is 45.8 Å². The van der Waals surface area contributed by atoms with E-state index in [0.29, 0.717) is 25.4 Å². The summed E-state index contributed by atoms with van der Waals surface area (Å²) in [5.41, 5.74) is 6.28. The van der Waals surface area contributed by atoms with E-state index in [0.717, 1.165) is 23.0 Å². The summed E-state index contributed by atoms with van der Waals surface area (Å²) >= 11 is 3.47. The average Bonchev–Trinajstić information content (AvgIpc) is 3.32. The highest BCUT2D eigenvalue weighted by Gasteiger charge is 2.45. The molecule has 1 saturated carbocycles. The van der Waals surface area contributed by atoms with Crippen molar-refractivity contribution in [2.45, 2.75) is 31.7 Å². The number of nitrogens with two attached hydrogens (primary N) is 1. The summed E-state index contributed by atoms with van der Waals surface area (Å²) in [7, 11) is 0. The zero-order valence-corrected chi connectivity index (χ0v) is 16.0. The predicted octanol–water partition coefficient (Wildman–Crippen LogP) is 2.47. The van der Waals surface area contributed by atoms with E-state index in [4.69, 9.17) is 5.73 Å². The van der Waals surface area contributed by atoms with Gasteiger partial charge in [-0.1, -0.05) is 12.1 Å². The minimum atomic E-state index is -0.619. The van der Waals surface area contributed by atoms with E-state index in [9.17, 15) is 9.59 Å². The summed E-state index contributed by atoms with van der Waals surface area (Å²) in [5.74, 6) is -0.506. The van der Waals surface area contributed by atoms with Crippen LogP contribution in [0.4, 0.5) is 5.69 Å². The number of rotatable bonds is 5. The van der Waals surface area contributed by atoms with Crippen LogP contribution in [0.1, 0.15) is 26.2 Å². The molecule has 1 aromatic carbocycles. The van der Waals surface area contributed by atoms with Crippen LogP contribution in [0.15, 0.2) is 28.7 Å². The maximum atomic E-state index is 12.7. The lowest BCUT2D eigenvalue weighted by Crippen LogP contribution is -2.55. The van der Waals surface area contributed by atoms with Crippen molar-refractivity contribution in [1.29, 1.82) is 0 Å². The van der Waals surface area contributed by atoms with E-state index in [1.54, 1.807) is 4.90 Å². The summed E-state index contributed by atoms with van der Waals surface area (Å²) in [5, 5.41) is 3.04. The minimum Gasteiger partial charge on any atom is -0.349 e. The van der Waals surface area contributed by atoms with E-state index in [1.165, 1.54) is 0 Å². The smallest absolute Gasteiger partial charge is 0.239 e. The van der Waals surface area contributed by atoms with Crippen molar-refractivity contribution in [3.63, 3.8) is 0 Å². The molecule has 2 atom stereocenters. The number of nitrogens with zero attached hydrogens (tertiary/aromatic N) is 1. The van der Waals surface area contributed by atoms with Crippen molar-refractivity contribution in [3.05, 3.63) is 28.7 Å². The highest BCUT2D eigenvalue weighted by Crippen LogP contribution is 2.39. The summed E-state index contributed by atoms with van der Waals surface area (Å²) in [6.07, 6.45) is 2.72. The number of nitrogens with one attached hydrogen (secondary N) is 1. The van der Waals surface area contributed by atoms with Gasteiger partial charge in [0.2, 0.25) is 11.8 Å². The quantitative estimate of drug-likeness (QED) is 0.724. The average molecular weight is 417 g/mol. The summed E-state index contributed by atoms with van der Waals surface area (Å²) < 4.78 is 0.860. The first-order chi connectivity index (χ1) is 11.0. The first-order valence-electron chi connectivity index (χ1n) is 8.04. The minimum absolute atomic E-state index is 0. The van der Waals surface area contributed by atoms with Crippen molar-refractivity contribution in [2.75, 3.05) is 18.0 Å². The normalized spacial score (nSPS) is 22.7. The molecule has 0 radical (unpaired) electrons. The lowest BCUT2D eigenvalue weighted by atomic mass is 9.94. The fourth-order valence-electron chi connectivity index (χ4n) is 3.24. The number of carbonyl (C=O) groups is 2. The van der Waals surface area contributed by atoms with Crippen LogP contribution in [0, 0.1) is 11.8 Å². The topological polar surface area (TPSA) is 75.4 Å². The Morgan fingerprint density at radius 2 is 2.04 bits per heavy atom. The van der Waals surface area contributed by atoms with Gasteiger partial charge >= 0.3 is 0 Å². The van der Waals surface area contributed by atoms with E-state index in [1.807, 2.05) is 31.2 Å². The SMILES string of the molecule is CC(CN)(NC(=O)C1CCN(c2ccccc2Br)C1=O)C1CC1.Cl. The molecule has 3 N–H and O–H groups in total. The van der Waals surface area contributed by atoms with Gasteiger partial charge < -0.3 is 16.0 Å². The van der Waals surface area contributed by atoms with Crippen LogP contribution >= 0.6 is 28.3 Å². The third-order valence-corrected chi connectivity index (χ3v) is 5.65. The fourth-order valence-corrected chi connectivity index (χ4v) is 3.74. The molecule has 24 heavy (non-hydrogen) atoms. The number of halogens is 2. The number of hydrogen-bond acceptors (Lipinski definition) is 3. The van der Waals surface area contributed by atoms with Gasteiger partial charge in [-0.25, -0.2) is 0 Å². The molecule has 2 fully saturated rings. The van der Waals surface area contributed by atoms with Crippen LogP contribution in [0.25, 0.3) is 0 Å². The number of amides is 2. The monoisotopic (exact) mass is 415 g/mol. The first-order valence-corrected chi connectivity index (χ1v) is 8.83. The Bertz CT molecular complexity index is 638. The third kappa shape index (κ3) is 3.60. The maximum absolute atomic E-state index is 12.7. The lowest BCUT2D eigenvalue weighted by molar-refractivity contribution is -0.133. The van der Waals surface area contributed by atoms with E-state index >= 15 is 0 Å². The second-order valence-corrected chi connectivity index (χ2v) is 7.52. The van der Waals surface area contributed by atoms with Crippen LogP contribution in [-0.4, -0.2) is 30.4 Å². The highest BCUT2D eigenvalue weighted by molar-refractivity contribution is 9.10. The molecule has 5 nitrogen and oxygen atoms in total. The van der Waals surface area contributed by atoms with E-state index in [-0.39, 0.29) is 24.2 Å².